The van der Waals surface area contributed by atoms with E-state index in [2.05, 4.69) is 5.32 Å². The van der Waals surface area contributed by atoms with Crippen LogP contribution in [0.4, 0.5) is 5.69 Å². The van der Waals surface area contributed by atoms with Crippen LogP contribution in [0.15, 0.2) is 24.3 Å². The molecule has 0 aromatic heterocycles. The van der Waals surface area contributed by atoms with Gasteiger partial charge in [-0.2, -0.15) is 0 Å². The summed E-state index contributed by atoms with van der Waals surface area (Å²) in [7, 11) is 0. The Bertz CT molecular complexity index is 420. The van der Waals surface area contributed by atoms with Crippen molar-refractivity contribution < 1.29 is 9.90 Å². The molecule has 1 aromatic rings. The molecule has 2 unspecified atom stereocenters. The fourth-order valence-corrected chi connectivity index (χ4v) is 2.46. The van der Waals surface area contributed by atoms with Crippen molar-refractivity contribution in [1.82, 2.24) is 5.32 Å². The van der Waals surface area contributed by atoms with Crippen LogP contribution in [-0.4, -0.2) is 23.2 Å². The van der Waals surface area contributed by atoms with Gasteiger partial charge in [-0.1, -0.05) is 12.1 Å². The summed E-state index contributed by atoms with van der Waals surface area (Å²) in [6.45, 7) is 0. The molecule has 18 heavy (non-hydrogen) atoms. The van der Waals surface area contributed by atoms with Crippen molar-refractivity contribution in [2.75, 3.05) is 5.73 Å². The lowest BCUT2D eigenvalue weighted by atomic mass is 9.93. The summed E-state index contributed by atoms with van der Waals surface area (Å²) in [5, 5.41) is 12.5. The van der Waals surface area contributed by atoms with E-state index in [4.69, 9.17) is 5.73 Å². The third-order valence-electron chi connectivity index (χ3n) is 3.33. The van der Waals surface area contributed by atoms with Gasteiger partial charge in [-0.3, -0.25) is 4.79 Å². The molecule has 1 aliphatic carbocycles. The molecule has 4 nitrogen and oxygen atoms in total. The lowest BCUT2D eigenvalue weighted by molar-refractivity contribution is -0.121. The Hall–Kier alpha value is -1.55. The molecule has 0 saturated heterocycles. The molecular formula is C14H20N2O2. The second kappa shape index (κ2) is 5.87. The van der Waals surface area contributed by atoms with Crippen molar-refractivity contribution >= 4 is 11.6 Å². The summed E-state index contributed by atoms with van der Waals surface area (Å²) in [5.74, 6) is -0.000278. The number of hydrogen-bond donors (Lipinski definition) is 3. The number of carbonyl (C=O) groups excluding carboxylic acids is 1. The Kier molecular flexibility index (Phi) is 4.20. The summed E-state index contributed by atoms with van der Waals surface area (Å²) in [4.78, 5) is 11.9. The average molecular weight is 248 g/mol. The summed E-state index contributed by atoms with van der Waals surface area (Å²) in [6.07, 6.45) is 3.53. The number of aliphatic hydroxyl groups excluding tert-OH is 1. The molecule has 1 saturated carbocycles. The van der Waals surface area contributed by atoms with Crippen molar-refractivity contribution in [3.8, 4) is 0 Å². The minimum absolute atomic E-state index is 0.000278. The molecule has 0 radical (unpaired) electrons. The highest BCUT2D eigenvalue weighted by molar-refractivity contribution is 5.79. The molecule has 2 rings (SSSR count). The SMILES string of the molecule is Nc1cccc(CC(=O)NC2CCCC(O)C2)c1. The van der Waals surface area contributed by atoms with Gasteiger partial charge in [-0.05, 0) is 43.4 Å². The number of hydrogen-bond acceptors (Lipinski definition) is 3. The van der Waals surface area contributed by atoms with Gasteiger partial charge in [0.2, 0.25) is 5.91 Å². The number of aliphatic hydroxyl groups is 1. The highest BCUT2D eigenvalue weighted by Crippen LogP contribution is 2.18. The second-order valence-corrected chi connectivity index (χ2v) is 5.01. The Morgan fingerprint density at radius 1 is 1.44 bits per heavy atom. The van der Waals surface area contributed by atoms with E-state index in [9.17, 15) is 9.90 Å². The van der Waals surface area contributed by atoms with Crippen LogP contribution in [0.3, 0.4) is 0 Å². The molecule has 1 aromatic carbocycles. The summed E-state index contributed by atoms with van der Waals surface area (Å²) >= 11 is 0. The molecule has 2 atom stereocenters. The lowest BCUT2D eigenvalue weighted by Crippen LogP contribution is -2.40. The van der Waals surface area contributed by atoms with E-state index in [1.807, 2.05) is 18.2 Å². The monoisotopic (exact) mass is 248 g/mol. The van der Waals surface area contributed by atoms with Gasteiger partial charge in [0.25, 0.3) is 0 Å². The van der Waals surface area contributed by atoms with E-state index < -0.39 is 0 Å². The second-order valence-electron chi connectivity index (χ2n) is 5.01. The first-order valence-electron chi connectivity index (χ1n) is 6.45. The van der Waals surface area contributed by atoms with Crippen molar-refractivity contribution in [3.05, 3.63) is 29.8 Å². The largest absolute Gasteiger partial charge is 0.399 e. The van der Waals surface area contributed by atoms with Crippen LogP contribution >= 0.6 is 0 Å². The van der Waals surface area contributed by atoms with Crippen LogP contribution in [0, 0.1) is 0 Å². The first-order chi connectivity index (χ1) is 8.63. The van der Waals surface area contributed by atoms with Gasteiger partial charge < -0.3 is 16.2 Å². The summed E-state index contributed by atoms with van der Waals surface area (Å²) in [6, 6.07) is 7.48. The van der Waals surface area contributed by atoms with Crippen molar-refractivity contribution in [3.63, 3.8) is 0 Å². The average Bonchev–Trinajstić information content (AvgIpc) is 2.28. The number of amides is 1. The summed E-state index contributed by atoms with van der Waals surface area (Å²) in [5.41, 5.74) is 7.27. The molecule has 0 bridgehead atoms. The molecular weight excluding hydrogens is 228 g/mol. The van der Waals surface area contributed by atoms with Crippen LogP contribution in [0.25, 0.3) is 0 Å². The highest BCUT2D eigenvalue weighted by atomic mass is 16.3. The van der Waals surface area contributed by atoms with Gasteiger partial charge in [0.15, 0.2) is 0 Å². The van der Waals surface area contributed by atoms with Crippen molar-refractivity contribution in [2.24, 2.45) is 0 Å². The highest BCUT2D eigenvalue weighted by Gasteiger charge is 2.21. The number of nitrogens with one attached hydrogen (secondary N) is 1. The molecule has 1 amide bonds. The molecule has 4 heteroatoms. The smallest absolute Gasteiger partial charge is 0.224 e. The van der Waals surface area contributed by atoms with E-state index in [0.717, 1.165) is 24.8 Å². The first-order valence-corrected chi connectivity index (χ1v) is 6.45. The molecule has 0 heterocycles. The van der Waals surface area contributed by atoms with Crippen LogP contribution in [-0.2, 0) is 11.2 Å². The Morgan fingerprint density at radius 3 is 3.00 bits per heavy atom. The number of anilines is 1. The van der Waals surface area contributed by atoms with E-state index in [-0.39, 0.29) is 18.1 Å². The van der Waals surface area contributed by atoms with E-state index in [0.29, 0.717) is 18.5 Å². The zero-order valence-corrected chi connectivity index (χ0v) is 10.4. The van der Waals surface area contributed by atoms with E-state index in [1.165, 1.54) is 0 Å². The van der Waals surface area contributed by atoms with Gasteiger partial charge in [0, 0.05) is 11.7 Å². The van der Waals surface area contributed by atoms with E-state index in [1.54, 1.807) is 6.07 Å². The molecule has 0 spiro atoms. The van der Waals surface area contributed by atoms with Crippen molar-refractivity contribution in [1.29, 1.82) is 0 Å². The Balaban J connectivity index is 1.85. The molecule has 1 aliphatic rings. The maximum absolute atomic E-state index is 11.9. The lowest BCUT2D eigenvalue weighted by Gasteiger charge is -2.26. The maximum atomic E-state index is 11.9. The maximum Gasteiger partial charge on any atom is 0.224 e. The van der Waals surface area contributed by atoms with Gasteiger partial charge in [0.05, 0.1) is 12.5 Å². The predicted octanol–water partition coefficient (Wildman–Crippen LogP) is 1.23. The minimum atomic E-state index is -0.267. The number of carbonyl (C=O) groups is 1. The normalized spacial score (nSPS) is 23.6. The fraction of sp³-hybridized carbons (Fsp3) is 0.500. The van der Waals surface area contributed by atoms with E-state index >= 15 is 0 Å². The van der Waals surface area contributed by atoms with Gasteiger partial charge in [-0.15, -0.1) is 0 Å². The molecule has 0 aliphatic heterocycles. The van der Waals surface area contributed by atoms with Crippen LogP contribution in [0.5, 0.6) is 0 Å². The number of benzene rings is 1. The van der Waals surface area contributed by atoms with Crippen LogP contribution < -0.4 is 11.1 Å². The summed E-state index contributed by atoms with van der Waals surface area (Å²) < 4.78 is 0. The topological polar surface area (TPSA) is 75.4 Å². The van der Waals surface area contributed by atoms with Gasteiger partial charge >= 0.3 is 0 Å². The first kappa shape index (κ1) is 12.9. The fourth-order valence-electron chi connectivity index (χ4n) is 2.46. The van der Waals surface area contributed by atoms with Gasteiger partial charge in [-0.25, -0.2) is 0 Å². The number of rotatable bonds is 3. The number of nitrogen functional groups attached to an aromatic ring is 1. The molecule has 98 valence electrons. The van der Waals surface area contributed by atoms with Gasteiger partial charge in [0.1, 0.15) is 0 Å². The quantitative estimate of drug-likeness (QED) is 0.704. The van der Waals surface area contributed by atoms with Crippen LogP contribution in [0.1, 0.15) is 31.2 Å². The number of nitrogens with two attached hydrogens (primary N) is 1. The Labute approximate surface area is 107 Å². The molecule has 1 fully saturated rings. The zero-order chi connectivity index (χ0) is 13.0. The molecule has 4 N–H and O–H groups in total. The third-order valence-corrected chi connectivity index (χ3v) is 3.33. The predicted molar refractivity (Wildman–Crippen MR) is 71.0 cm³/mol. The van der Waals surface area contributed by atoms with Crippen LogP contribution in [0.2, 0.25) is 0 Å². The van der Waals surface area contributed by atoms with Crippen molar-refractivity contribution in [2.45, 2.75) is 44.2 Å². The minimum Gasteiger partial charge on any atom is -0.399 e. The standard InChI is InChI=1S/C14H20N2O2/c15-11-4-1-3-10(7-11)8-14(18)16-12-5-2-6-13(17)9-12/h1,3-4,7,12-13,17H,2,5-6,8-9,15H2,(H,16,18). The third kappa shape index (κ3) is 3.74. The Morgan fingerprint density at radius 2 is 2.28 bits per heavy atom. The zero-order valence-electron chi connectivity index (χ0n) is 10.4.